The highest BCUT2D eigenvalue weighted by molar-refractivity contribution is 5.51. The maximum atomic E-state index is 13.6. The molecule has 0 radical (unpaired) electrons. The van der Waals surface area contributed by atoms with Gasteiger partial charge in [0.05, 0.1) is 0 Å². The summed E-state index contributed by atoms with van der Waals surface area (Å²) in [5, 5.41) is 0. The second kappa shape index (κ2) is 3.88. The van der Waals surface area contributed by atoms with E-state index in [9.17, 15) is 4.39 Å². The van der Waals surface area contributed by atoms with Crippen molar-refractivity contribution in [2.24, 2.45) is 5.73 Å². The fraction of sp³-hybridized carbons (Fsp3) is 0.538. The van der Waals surface area contributed by atoms with Gasteiger partial charge in [0.1, 0.15) is 13.2 Å². The lowest BCUT2D eigenvalue weighted by Crippen LogP contribution is -2.34. The summed E-state index contributed by atoms with van der Waals surface area (Å²) in [5.41, 5.74) is 6.91. The Labute approximate surface area is 99.7 Å². The number of fused-ring (bicyclic) bond motifs is 1. The minimum Gasteiger partial charge on any atom is -0.486 e. The largest absolute Gasteiger partial charge is 0.486 e. The van der Waals surface area contributed by atoms with E-state index in [1.54, 1.807) is 6.07 Å². The van der Waals surface area contributed by atoms with Crippen molar-refractivity contribution in [1.82, 2.24) is 0 Å². The number of hydrogen-bond acceptors (Lipinski definition) is 3. The van der Waals surface area contributed by atoms with Crippen LogP contribution in [0.25, 0.3) is 0 Å². The maximum absolute atomic E-state index is 13.6. The van der Waals surface area contributed by atoms with Crippen molar-refractivity contribution in [2.45, 2.75) is 31.2 Å². The minimum absolute atomic E-state index is 0.227. The first-order valence-electron chi connectivity index (χ1n) is 6.08. The molecule has 1 heterocycles. The standard InChI is InChI=1S/C13H16FNO2/c14-10-4-3-9(13(15)5-1-2-6-13)11-12(10)17-8-7-16-11/h3-4H,1-2,5-8,15H2. The van der Waals surface area contributed by atoms with Crippen LogP contribution in [0.15, 0.2) is 12.1 Å². The number of ether oxygens (including phenoxy) is 2. The van der Waals surface area contributed by atoms with Crippen LogP contribution in [-0.2, 0) is 5.54 Å². The van der Waals surface area contributed by atoms with Gasteiger partial charge in [0.15, 0.2) is 17.3 Å². The molecule has 1 fully saturated rings. The zero-order valence-electron chi connectivity index (χ0n) is 9.67. The van der Waals surface area contributed by atoms with E-state index in [1.165, 1.54) is 6.07 Å². The molecular formula is C13H16FNO2. The fourth-order valence-corrected chi connectivity index (χ4v) is 2.77. The van der Waals surface area contributed by atoms with Crippen LogP contribution in [0.3, 0.4) is 0 Å². The summed E-state index contributed by atoms with van der Waals surface area (Å²) < 4.78 is 24.5. The van der Waals surface area contributed by atoms with Gasteiger partial charge in [-0.15, -0.1) is 0 Å². The summed E-state index contributed by atoms with van der Waals surface area (Å²) in [6.45, 7) is 0.852. The molecule has 0 spiro atoms. The number of benzene rings is 1. The smallest absolute Gasteiger partial charge is 0.197 e. The van der Waals surface area contributed by atoms with Crippen LogP contribution < -0.4 is 15.2 Å². The monoisotopic (exact) mass is 237 g/mol. The van der Waals surface area contributed by atoms with E-state index in [1.807, 2.05) is 0 Å². The molecule has 2 aliphatic rings. The molecule has 17 heavy (non-hydrogen) atoms. The SMILES string of the molecule is NC1(c2ccc(F)c3c2OCCO3)CCCC1. The van der Waals surface area contributed by atoms with Crippen LogP contribution in [0.1, 0.15) is 31.2 Å². The summed E-state index contributed by atoms with van der Waals surface area (Å²) in [6, 6.07) is 3.17. The third kappa shape index (κ3) is 1.67. The molecule has 4 heteroatoms. The lowest BCUT2D eigenvalue weighted by atomic mass is 9.88. The second-order valence-corrected chi connectivity index (χ2v) is 4.81. The van der Waals surface area contributed by atoms with Crippen molar-refractivity contribution in [3.63, 3.8) is 0 Å². The van der Waals surface area contributed by atoms with E-state index >= 15 is 0 Å². The van der Waals surface area contributed by atoms with Gasteiger partial charge in [-0.3, -0.25) is 0 Å². The summed E-state index contributed by atoms with van der Waals surface area (Å²) in [4.78, 5) is 0. The molecule has 92 valence electrons. The van der Waals surface area contributed by atoms with Crippen LogP contribution in [0.4, 0.5) is 4.39 Å². The summed E-state index contributed by atoms with van der Waals surface area (Å²) in [5.74, 6) is 0.371. The van der Waals surface area contributed by atoms with Crippen molar-refractivity contribution in [2.75, 3.05) is 13.2 Å². The molecule has 3 rings (SSSR count). The Kier molecular flexibility index (Phi) is 2.47. The van der Waals surface area contributed by atoms with E-state index in [-0.39, 0.29) is 17.1 Å². The third-order valence-electron chi connectivity index (χ3n) is 3.67. The molecule has 3 nitrogen and oxygen atoms in total. The Morgan fingerprint density at radius 1 is 1.06 bits per heavy atom. The van der Waals surface area contributed by atoms with Gasteiger partial charge in [-0.2, -0.15) is 0 Å². The highest BCUT2D eigenvalue weighted by atomic mass is 19.1. The normalized spacial score (nSPS) is 21.5. The maximum Gasteiger partial charge on any atom is 0.197 e. The third-order valence-corrected chi connectivity index (χ3v) is 3.67. The van der Waals surface area contributed by atoms with Crippen LogP contribution in [0, 0.1) is 5.82 Å². The summed E-state index contributed by atoms with van der Waals surface area (Å²) >= 11 is 0. The molecule has 1 aliphatic carbocycles. The Morgan fingerprint density at radius 2 is 1.71 bits per heavy atom. The molecule has 0 saturated heterocycles. The van der Waals surface area contributed by atoms with Gasteiger partial charge in [-0.1, -0.05) is 18.9 Å². The van der Waals surface area contributed by atoms with Gasteiger partial charge in [-0.25, -0.2) is 4.39 Å². The molecule has 1 saturated carbocycles. The van der Waals surface area contributed by atoms with Crippen LogP contribution in [-0.4, -0.2) is 13.2 Å². The molecule has 0 bridgehead atoms. The Bertz CT molecular complexity index is 441. The molecule has 0 unspecified atom stereocenters. The lowest BCUT2D eigenvalue weighted by molar-refractivity contribution is 0.159. The van der Waals surface area contributed by atoms with E-state index in [0.717, 1.165) is 31.2 Å². The first-order chi connectivity index (χ1) is 8.21. The van der Waals surface area contributed by atoms with Crippen molar-refractivity contribution in [3.05, 3.63) is 23.5 Å². The molecule has 2 N–H and O–H groups in total. The fourth-order valence-electron chi connectivity index (χ4n) is 2.77. The van der Waals surface area contributed by atoms with Gasteiger partial charge >= 0.3 is 0 Å². The zero-order chi connectivity index (χ0) is 11.9. The van der Waals surface area contributed by atoms with Gasteiger partial charge < -0.3 is 15.2 Å². The van der Waals surface area contributed by atoms with Gasteiger partial charge in [0, 0.05) is 11.1 Å². The van der Waals surface area contributed by atoms with Crippen molar-refractivity contribution in [3.8, 4) is 11.5 Å². The van der Waals surface area contributed by atoms with Crippen LogP contribution in [0.2, 0.25) is 0 Å². The quantitative estimate of drug-likeness (QED) is 0.815. The summed E-state index contributed by atoms with van der Waals surface area (Å²) in [6.07, 6.45) is 4.08. The topological polar surface area (TPSA) is 44.5 Å². The first-order valence-corrected chi connectivity index (χ1v) is 6.08. The van der Waals surface area contributed by atoms with E-state index in [4.69, 9.17) is 15.2 Å². The van der Waals surface area contributed by atoms with Gasteiger partial charge in [0.25, 0.3) is 0 Å². The molecule has 1 aromatic carbocycles. The highest BCUT2D eigenvalue weighted by Gasteiger charge is 2.36. The molecule has 1 aliphatic heterocycles. The number of nitrogens with two attached hydrogens (primary N) is 1. The Balaban J connectivity index is 2.11. The van der Waals surface area contributed by atoms with Crippen molar-refractivity contribution in [1.29, 1.82) is 0 Å². The molecule has 0 aromatic heterocycles. The van der Waals surface area contributed by atoms with Crippen molar-refractivity contribution < 1.29 is 13.9 Å². The average molecular weight is 237 g/mol. The first kappa shape index (κ1) is 10.8. The predicted octanol–water partition coefficient (Wildman–Crippen LogP) is 2.32. The summed E-state index contributed by atoms with van der Waals surface area (Å²) in [7, 11) is 0. The van der Waals surface area contributed by atoms with E-state index < -0.39 is 0 Å². The molecule has 0 atom stereocenters. The number of halogens is 1. The molecule has 1 aromatic rings. The van der Waals surface area contributed by atoms with Crippen molar-refractivity contribution >= 4 is 0 Å². The zero-order valence-corrected chi connectivity index (χ0v) is 9.67. The lowest BCUT2D eigenvalue weighted by Gasteiger charge is -2.29. The van der Waals surface area contributed by atoms with Gasteiger partial charge in [0.2, 0.25) is 0 Å². The minimum atomic E-state index is -0.377. The predicted molar refractivity (Wildman–Crippen MR) is 61.7 cm³/mol. The average Bonchev–Trinajstić information content (AvgIpc) is 2.78. The van der Waals surface area contributed by atoms with E-state index in [2.05, 4.69) is 0 Å². The van der Waals surface area contributed by atoms with E-state index in [0.29, 0.717) is 19.0 Å². The Hall–Kier alpha value is -1.29. The second-order valence-electron chi connectivity index (χ2n) is 4.81. The Morgan fingerprint density at radius 3 is 2.41 bits per heavy atom. The molecular weight excluding hydrogens is 221 g/mol. The molecule has 0 amide bonds. The van der Waals surface area contributed by atoms with Crippen LogP contribution >= 0.6 is 0 Å². The number of rotatable bonds is 1. The van der Waals surface area contributed by atoms with Crippen LogP contribution in [0.5, 0.6) is 11.5 Å². The number of hydrogen-bond donors (Lipinski definition) is 1. The van der Waals surface area contributed by atoms with Gasteiger partial charge in [-0.05, 0) is 18.9 Å². The highest BCUT2D eigenvalue weighted by Crippen LogP contribution is 2.46.